The highest BCUT2D eigenvalue weighted by atomic mass is 16.7. The number of nitro benzene ring substituents is 1. The zero-order valence-corrected chi connectivity index (χ0v) is 20.8. The summed E-state index contributed by atoms with van der Waals surface area (Å²) in [6.45, 7) is 5.03. The zero-order chi connectivity index (χ0) is 27.0. The van der Waals surface area contributed by atoms with Gasteiger partial charge in [0.25, 0.3) is 11.6 Å². The van der Waals surface area contributed by atoms with E-state index in [-0.39, 0.29) is 49.8 Å². The quantitative estimate of drug-likeness (QED) is 0.0726. The highest BCUT2D eigenvalue weighted by Crippen LogP contribution is 2.28. The third-order valence-corrected chi connectivity index (χ3v) is 6.23. The third kappa shape index (κ3) is 6.83. The Kier molecular flexibility index (Phi) is 10.0. The van der Waals surface area contributed by atoms with Crippen LogP contribution >= 0.6 is 0 Å². The van der Waals surface area contributed by atoms with Crippen molar-refractivity contribution in [3.63, 3.8) is 0 Å². The van der Waals surface area contributed by atoms with E-state index >= 15 is 0 Å². The van der Waals surface area contributed by atoms with Crippen molar-refractivity contribution in [3.8, 4) is 0 Å². The van der Waals surface area contributed by atoms with Crippen molar-refractivity contribution >= 4 is 29.3 Å². The van der Waals surface area contributed by atoms with Crippen LogP contribution in [-0.2, 0) is 19.1 Å². The first-order valence-electron chi connectivity index (χ1n) is 11.4. The Morgan fingerprint density at radius 2 is 1.83 bits per heavy atom. The number of carbonyl (C=O) groups is 4. The largest absolute Gasteiger partial charge is 0.356 e. The van der Waals surface area contributed by atoms with E-state index in [1.165, 1.54) is 36.2 Å². The molecular formula is C23H32N4O9. The minimum atomic E-state index is -1.09. The van der Waals surface area contributed by atoms with Crippen LogP contribution in [0.2, 0.25) is 0 Å². The number of Topliss-reactive ketones (excluding diaryl/α,β-unsaturated/α-hetero) is 1. The number of nitrogens with zero attached hydrogens (tertiary/aromatic N) is 3. The van der Waals surface area contributed by atoms with Crippen LogP contribution in [-0.4, -0.2) is 82.7 Å². The number of benzene rings is 1. The molecule has 36 heavy (non-hydrogen) atoms. The lowest BCUT2D eigenvalue weighted by Gasteiger charge is -2.25. The molecule has 1 aromatic carbocycles. The highest BCUT2D eigenvalue weighted by Gasteiger charge is 2.50. The number of non-ortho nitro benzene ring substituents is 1. The molecule has 1 fully saturated rings. The van der Waals surface area contributed by atoms with Crippen molar-refractivity contribution in [2.24, 2.45) is 11.8 Å². The molecule has 1 aliphatic rings. The molecule has 0 saturated carbocycles. The maximum Gasteiger partial charge on any atom is 0.327 e. The number of urea groups is 1. The maximum absolute atomic E-state index is 12.9. The number of ether oxygens (including phenoxy) is 2. The van der Waals surface area contributed by atoms with E-state index in [9.17, 15) is 34.5 Å². The fourth-order valence-electron chi connectivity index (χ4n) is 3.84. The number of rotatable bonds is 14. The minimum Gasteiger partial charge on any atom is -0.356 e. The number of imide groups is 1. The normalized spacial score (nSPS) is 16.7. The first-order valence-corrected chi connectivity index (χ1v) is 11.4. The van der Waals surface area contributed by atoms with Crippen LogP contribution in [0.25, 0.3) is 0 Å². The number of hydroxylamine groups is 1. The Balaban J connectivity index is 2.21. The molecule has 1 aliphatic heterocycles. The number of ketones is 1. The van der Waals surface area contributed by atoms with E-state index in [4.69, 9.17) is 9.47 Å². The van der Waals surface area contributed by atoms with E-state index < -0.39 is 40.1 Å². The molecule has 2 unspecified atom stereocenters. The van der Waals surface area contributed by atoms with Gasteiger partial charge in [-0.3, -0.25) is 34.6 Å². The predicted molar refractivity (Wildman–Crippen MR) is 125 cm³/mol. The van der Waals surface area contributed by atoms with Crippen LogP contribution in [0, 0.1) is 22.0 Å². The average Bonchev–Trinajstić information content (AvgIpc) is 3.00. The molecule has 0 spiro atoms. The molecule has 0 aliphatic carbocycles. The van der Waals surface area contributed by atoms with E-state index in [1.54, 1.807) is 26.3 Å². The number of likely N-dealkylation sites (N-methyl/N-ethyl adjacent to an activating group) is 1. The fraction of sp³-hybridized carbons (Fsp3) is 0.565. The molecule has 1 heterocycles. The standard InChI is InChI=1S/C23H32N4O9/c1-5-35-14-36-13-15(11-19(28)16-6-8-18(9-7-16)27(33)34)10-17(20(29)24-32)12-26-21(30)23(2,3)25(4)22(26)31/h6-9,15,17,32H,5,10-14H2,1-4H3,(H,24,29). The second-order valence-electron chi connectivity index (χ2n) is 9.00. The lowest BCUT2D eigenvalue weighted by atomic mass is 9.88. The monoisotopic (exact) mass is 508 g/mol. The molecule has 2 N–H and O–H groups in total. The number of hydrogen-bond acceptors (Lipinski definition) is 9. The number of hydrogen-bond donors (Lipinski definition) is 2. The second-order valence-corrected chi connectivity index (χ2v) is 9.00. The number of nitro groups is 1. The lowest BCUT2D eigenvalue weighted by molar-refractivity contribution is -0.384. The summed E-state index contributed by atoms with van der Waals surface area (Å²) < 4.78 is 10.6. The van der Waals surface area contributed by atoms with Gasteiger partial charge in [-0.1, -0.05) is 0 Å². The van der Waals surface area contributed by atoms with Gasteiger partial charge in [-0.2, -0.15) is 0 Å². The van der Waals surface area contributed by atoms with Gasteiger partial charge in [0.2, 0.25) is 5.91 Å². The number of amides is 4. The molecule has 0 radical (unpaired) electrons. The van der Waals surface area contributed by atoms with E-state index in [2.05, 4.69) is 0 Å². The summed E-state index contributed by atoms with van der Waals surface area (Å²) in [5, 5.41) is 20.2. The van der Waals surface area contributed by atoms with Crippen molar-refractivity contribution < 1.29 is 38.8 Å². The Labute approximate surface area is 208 Å². The zero-order valence-electron chi connectivity index (χ0n) is 20.8. The minimum absolute atomic E-state index is 0.00155. The molecule has 2 rings (SSSR count). The summed E-state index contributed by atoms with van der Waals surface area (Å²) in [5.41, 5.74) is 0.560. The van der Waals surface area contributed by atoms with Gasteiger partial charge in [-0.15, -0.1) is 0 Å². The molecule has 198 valence electrons. The maximum atomic E-state index is 12.9. The van der Waals surface area contributed by atoms with E-state index in [1.807, 2.05) is 0 Å². The van der Waals surface area contributed by atoms with Gasteiger partial charge in [0.05, 0.1) is 17.4 Å². The van der Waals surface area contributed by atoms with Crippen LogP contribution in [0.5, 0.6) is 0 Å². The smallest absolute Gasteiger partial charge is 0.327 e. The Morgan fingerprint density at radius 1 is 1.19 bits per heavy atom. The average molecular weight is 509 g/mol. The van der Waals surface area contributed by atoms with Crippen LogP contribution in [0.15, 0.2) is 24.3 Å². The third-order valence-electron chi connectivity index (χ3n) is 6.23. The van der Waals surface area contributed by atoms with Gasteiger partial charge >= 0.3 is 6.03 Å². The topological polar surface area (TPSA) is 169 Å². The molecule has 1 aromatic rings. The van der Waals surface area contributed by atoms with Gasteiger partial charge in [-0.25, -0.2) is 10.3 Å². The van der Waals surface area contributed by atoms with Gasteiger partial charge in [0.1, 0.15) is 12.3 Å². The first kappa shape index (κ1) is 28.8. The van der Waals surface area contributed by atoms with Crippen LogP contribution < -0.4 is 5.48 Å². The van der Waals surface area contributed by atoms with Crippen LogP contribution in [0.1, 0.15) is 44.0 Å². The van der Waals surface area contributed by atoms with Crippen molar-refractivity contribution in [2.45, 2.75) is 39.2 Å². The highest BCUT2D eigenvalue weighted by molar-refractivity contribution is 6.06. The Morgan fingerprint density at radius 3 is 2.33 bits per heavy atom. The molecular weight excluding hydrogens is 476 g/mol. The molecule has 1 saturated heterocycles. The summed E-state index contributed by atoms with van der Waals surface area (Å²) in [4.78, 5) is 63.3. The van der Waals surface area contributed by atoms with Gasteiger partial charge < -0.3 is 14.4 Å². The van der Waals surface area contributed by atoms with Crippen molar-refractivity contribution in [1.29, 1.82) is 0 Å². The van der Waals surface area contributed by atoms with Gasteiger partial charge in [0, 0.05) is 44.3 Å². The van der Waals surface area contributed by atoms with Crippen molar-refractivity contribution in [2.75, 3.05) is 33.6 Å². The van der Waals surface area contributed by atoms with E-state index in [0.29, 0.717) is 6.61 Å². The summed E-state index contributed by atoms with van der Waals surface area (Å²) in [7, 11) is 1.48. The molecule has 4 amide bonds. The fourth-order valence-corrected chi connectivity index (χ4v) is 3.84. The second kappa shape index (κ2) is 12.5. The van der Waals surface area contributed by atoms with E-state index in [0.717, 1.165) is 4.90 Å². The predicted octanol–water partition coefficient (Wildman–Crippen LogP) is 1.98. The van der Waals surface area contributed by atoms with Crippen molar-refractivity contribution in [1.82, 2.24) is 15.3 Å². The number of carbonyl (C=O) groups excluding carboxylic acids is 4. The molecule has 13 heteroatoms. The van der Waals surface area contributed by atoms with Gasteiger partial charge in [0.15, 0.2) is 5.78 Å². The molecule has 0 aromatic heterocycles. The first-order chi connectivity index (χ1) is 16.9. The molecule has 0 bridgehead atoms. The lowest BCUT2D eigenvalue weighted by Crippen LogP contribution is -2.44. The Bertz CT molecular complexity index is 980. The SMILES string of the molecule is CCOCOCC(CC(=O)c1ccc([N+](=O)[O-])cc1)CC(CN1C(=O)N(C)C(C)(C)C1=O)C(=O)NO. The van der Waals surface area contributed by atoms with Gasteiger partial charge in [-0.05, 0) is 45.2 Å². The van der Waals surface area contributed by atoms with Crippen molar-refractivity contribution in [3.05, 3.63) is 39.9 Å². The summed E-state index contributed by atoms with van der Waals surface area (Å²) in [6.07, 6.45) is -0.0924. The summed E-state index contributed by atoms with van der Waals surface area (Å²) >= 11 is 0. The summed E-state index contributed by atoms with van der Waals surface area (Å²) in [6, 6.07) is 4.55. The summed E-state index contributed by atoms with van der Waals surface area (Å²) in [5.74, 6) is -3.24. The molecule has 2 atom stereocenters. The van der Waals surface area contributed by atoms with Crippen LogP contribution in [0.4, 0.5) is 10.5 Å². The molecule has 13 nitrogen and oxygen atoms in total. The Hall–Kier alpha value is -3.42. The van der Waals surface area contributed by atoms with Crippen LogP contribution in [0.3, 0.4) is 0 Å². The number of nitrogens with one attached hydrogen (secondary N) is 1.